The Labute approximate surface area is 484 Å². The number of rotatable bonds is 24. The quantitative estimate of drug-likeness (QED) is 0.0114. The van der Waals surface area contributed by atoms with Crippen molar-refractivity contribution in [3.05, 3.63) is 47.7 Å². The van der Waals surface area contributed by atoms with Gasteiger partial charge in [0.1, 0.15) is 54.6 Å². The topological polar surface area (TPSA) is 523 Å². The second-order valence-electron chi connectivity index (χ2n) is 19.2. The third kappa shape index (κ3) is 25.6. The van der Waals surface area contributed by atoms with Crippen LogP contribution in [0.5, 0.6) is 0 Å². The second-order valence-corrected chi connectivity index (χ2v) is 19.5. The van der Waals surface area contributed by atoms with E-state index in [1.807, 2.05) is 17.6 Å². The van der Waals surface area contributed by atoms with Crippen molar-refractivity contribution in [2.75, 3.05) is 38.7 Å². The third-order valence-corrected chi connectivity index (χ3v) is 12.9. The van der Waals surface area contributed by atoms with Gasteiger partial charge in [0, 0.05) is 13.0 Å². The molecule has 0 radical (unpaired) electrons. The largest absolute Gasteiger partial charge is 0.479 e. The predicted molar refractivity (Wildman–Crippen MR) is 297 cm³/mol. The lowest BCUT2D eigenvalue weighted by Gasteiger charge is -2.28. The number of carbonyl (C=O) groups is 11. The summed E-state index contributed by atoms with van der Waals surface area (Å²) >= 11 is 5.87. The molecule has 1 aromatic rings. The van der Waals surface area contributed by atoms with Gasteiger partial charge in [-0.25, -0.2) is 9.59 Å². The molecule has 0 aromatic heterocycles. The van der Waals surface area contributed by atoms with Crippen molar-refractivity contribution in [3.8, 4) is 0 Å². The molecule has 83 heavy (non-hydrogen) atoms. The van der Waals surface area contributed by atoms with Gasteiger partial charge in [0.05, 0.1) is 31.1 Å². The van der Waals surface area contributed by atoms with Crippen LogP contribution >= 0.6 is 11.6 Å². The molecule has 32 heteroatoms. The number of esters is 1. The Bertz CT molecular complexity index is 2400. The number of nitrogens with one attached hydrogen (secondary N) is 9. The molecule has 0 aliphatic carbocycles. The van der Waals surface area contributed by atoms with Crippen LogP contribution in [0, 0.1) is 0 Å². The fraction of sp³-hybridized carbons (Fsp3) is 0.608. The fourth-order valence-corrected chi connectivity index (χ4v) is 8.20. The van der Waals surface area contributed by atoms with Gasteiger partial charge in [-0.2, -0.15) is 0 Å². The molecule has 1 aliphatic rings. The maximum absolute atomic E-state index is 14.3. The highest BCUT2D eigenvalue weighted by atomic mass is 35.5. The molecule has 31 nitrogen and oxygen atoms in total. The minimum atomic E-state index is -2.81. The first-order chi connectivity index (χ1) is 39.4. The Morgan fingerprint density at radius 2 is 1.28 bits per heavy atom. The molecule has 0 bridgehead atoms. The van der Waals surface area contributed by atoms with Crippen LogP contribution in [-0.4, -0.2) is 202 Å². The number of unbranched alkanes of at least 4 members (excludes halogenated alkanes) is 4. The van der Waals surface area contributed by atoms with Crippen molar-refractivity contribution in [1.82, 2.24) is 47.9 Å². The predicted octanol–water partition coefficient (Wildman–Crippen LogP) is -6.42. The molecule has 464 valence electrons. The van der Waals surface area contributed by atoms with Crippen molar-refractivity contribution in [2.24, 2.45) is 27.9 Å². The van der Waals surface area contributed by atoms with E-state index >= 15 is 0 Å². The number of hydrogen-bond acceptors (Lipinski definition) is 19. The summed E-state index contributed by atoms with van der Waals surface area (Å²) in [7, 11) is 0. The van der Waals surface area contributed by atoms with E-state index in [-0.39, 0.29) is 64.1 Å². The number of carbonyl (C=O) groups excluding carboxylic acids is 10. The molecule has 1 aromatic carbocycles. The van der Waals surface area contributed by atoms with E-state index in [0.29, 0.717) is 12.0 Å². The lowest BCUT2D eigenvalue weighted by Crippen LogP contribution is -2.62. The van der Waals surface area contributed by atoms with E-state index in [1.54, 1.807) is 30.3 Å². The van der Waals surface area contributed by atoms with Gasteiger partial charge in [0.2, 0.25) is 47.3 Å². The van der Waals surface area contributed by atoms with Crippen molar-refractivity contribution in [3.63, 3.8) is 0 Å². The number of guanidine groups is 1. The highest BCUT2D eigenvalue weighted by Crippen LogP contribution is 2.12. The standard InChI is InChI=1S/C51H81ClN14O17/c1-3-5-6-7-11-15-28(68)23-37(70)58-35-26-83-50(82)38(36(69)24-52)65-48(79)39(40(71)49(80)81)66-41(72)29(4-2)59-45(76)33(22-27-13-9-8-10-14-27)63-42(73)30(16-12-21-57-51(55)56)60-43(74)31(17-19-53)61-44(75)32(18-20-54)62-46(77)34(25-67)64-47(35)78/h4,8-10,13-14,28,30-36,38-40,67-69,71H,3,5-7,11-12,15-26,53-54H2,1-2H3,(H,58,70)(H,59,76)(H,60,74)(H,61,75)(H,62,77)(H,63,73)(H,64,78)(H,65,79)(H,66,72)(H,80,81)(H4,55,56,57)/b29-4-/t28-,30+,31-,32-,33+,34-,35+,36-,38+,39+,40+/m1/s1. The number of nitrogens with two attached hydrogens (primary N) is 4. The van der Waals surface area contributed by atoms with Gasteiger partial charge in [0.25, 0.3) is 5.91 Å². The first-order valence-corrected chi connectivity index (χ1v) is 27.5. The van der Waals surface area contributed by atoms with Crippen molar-refractivity contribution in [1.29, 1.82) is 0 Å². The van der Waals surface area contributed by atoms with E-state index in [0.717, 1.165) is 31.8 Å². The molecule has 0 saturated carbocycles. The van der Waals surface area contributed by atoms with Crippen LogP contribution in [-0.2, 0) is 63.9 Å². The summed E-state index contributed by atoms with van der Waals surface area (Å²) in [5.74, 6) is -15.6. The van der Waals surface area contributed by atoms with E-state index in [1.165, 1.54) is 6.92 Å². The van der Waals surface area contributed by atoms with Crippen LogP contribution in [0.2, 0.25) is 0 Å². The van der Waals surface area contributed by atoms with Gasteiger partial charge in [0.15, 0.2) is 18.1 Å². The number of amides is 9. The van der Waals surface area contributed by atoms with Crippen LogP contribution in [0.3, 0.4) is 0 Å². The molecule has 1 heterocycles. The van der Waals surface area contributed by atoms with Crippen LogP contribution in [0.25, 0.3) is 0 Å². The number of benzene rings is 1. The number of alkyl halides is 1. The fourth-order valence-electron chi connectivity index (χ4n) is 8.02. The third-order valence-electron chi connectivity index (χ3n) is 12.6. The molecule has 1 aliphatic heterocycles. The van der Waals surface area contributed by atoms with Gasteiger partial charge in [-0.05, 0) is 57.7 Å². The zero-order chi connectivity index (χ0) is 62.2. The number of cyclic esters (lactones) is 1. The molecule has 11 atom stereocenters. The summed E-state index contributed by atoms with van der Waals surface area (Å²) < 4.78 is 5.26. The number of aliphatic hydroxyl groups is 4. The number of ether oxygens (including phenoxy) is 1. The van der Waals surface area contributed by atoms with Gasteiger partial charge in [-0.1, -0.05) is 75.4 Å². The molecule has 2 rings (SSSR count). The number of carboxylic acids is 1. The van der Waals surface area contributed by atoms with Gasteiger partial charge in [-0.3, -0.25) is 48.1 Å². The maximum Gasteiger partial charge on any atom is 0.335 e. The van der Waals surface area contributed by atoms with Crippen LogP contribution < -0.4 is 70.8 Å². The first-order valence-electron chi connectivity index (χ1n) is 26.9. The lowest BCUT2D eigenvalue weighted by atomic mass is 10.0. The number of nitrogens with zero attached hydrogens (tertiary/aromatic N) is 1. The molecule has 1 fully saturated rings. The normalized spacial score (nSPS) is 24.0. The van der Waals surface area contributed by atoms with E-state index in [4.69, 9.17) is 39.3 Å². The molecule has 1 saturated heterocycles. The average molecular weight is 1200 g/mol. The minimum absolute atomic E-state index is 0.0367. The highest BCUT2D eigenvalue weighted by Gasteiger charge is 2.40. The Kier molecular flexibility index (Phi) is 33.0. The van der Waals surface area contributed by atoms with Gasteiger partial charge in [-0.15, -0.1) is 11.6 Å². The number of halogens is 1. The Hall–Kier alpha value is -7.55. The second kappa shape index (κ2) is 38.3. The van der Waals surface area contributed by atoms with Crippen LogP contribution in [0.1, 0.15) is 90.0 Å². The molecular formula is C51H81ClN14O17. The van der Waals surface area contributed by atoms with Crippen LogP contribution in [0.15, 0.2) is 47.1 Å². The Balaban J connectivity index is 2.84. The smallest absolute Gasteiger partial charge is 0.335 e. The molecule has 9 amide bonds. The first kappa shape index (κ1) is 71.6. The van der Waals surface area contributed by atoms with Gasteiger partial charge < -0.3 is 101 Å². The maximum atomic E-state index is 14.3. The van der Waals surface area contributed by atoms with Gasteiger partial charge >= 0.3 is 11.9 Å². The average Bonchev–Trinajstić information content (AvgIpc) is 3.52. The number of allylic oxidation sites excluding steroid dienone is 1. The van der Waals surface area contributed by atoms with E-state index in [2.05, 4.69) is 42.2 Å². The summed E-state index contributed by atoms with van der Waals surface area (Å²) in [4.78, 5) is 155. The lowest BCUT2D eigenvalue weighted by molar-refractivity contribution is -0.155. The zero-order valence-corrected chi connectivity index (χ0v) is 47.1. The number of aliphatic carboxylic acids is 1. The summed E-state index contributed by atoms with van der Waals surface area (Å²) in [5, 5.41) is 72.9. The van der Waals surface area contributed by atoms with Crippen molar-refractivity contribution >= 4 is 82.7 Å². The Morgan fingerprint density at radius 3 is 1.81 bits per heavy atom. The SMILES string of the molecule is C/C=C1\NC(=O)[C@H](Cc2ccccc2)NC(=O)[C@H](CCCN=C(N)N)NC(=O)[C@@H](CCN)NC(=O)[C@@H](CCN)NC(=O)[C@@H](CO)NC(=O)[C@@H](NC(=O)C[C@H](O)CCCCCCC)COC(=O)[C@H]([C@H](O)CCl)NC(=O)[C@H]([C@H](O)C(=O)O)NC1=O. The zero-order valence-electron chi connectivity index (χ0n) is 46.3. The summed E-state index contributed by atoms with van der Waals surface area (Å²) in [6, 6.07) is -6.93. The monoisotopic (exact) mass is 1200 g/mol. The highest BCUT2D eigenvalue weighted by molar-refractivity contribution is 6.18. The number of carboxylic acid groups (broad SMARTS) is 1. The molecule has 22 N–H and O–H groups in total. The molecular weight excluding hydrogens is 1120 g/mol. The number of hydrogen-bond donors (Lipinski definition) is 18. The molecule has 0 unspecified atom stereocenters. The number of aliphatic hydroxyl groups excluding tert-OH is 4. The minimum Gasteiger partial charge on any atom is -0.479 e. The molecule has 0 spiro atoms. The van der Waals surface area contributed by atoms with Crippen molar-refractivity contribution in [2.45, 2.75) is 158 Å². The van der Waals surface area contributed by atoms with E-state index < -0.39 is 163 Å². The summed E-state index contributed by atoms with van der Waals surface area (Å²) in [6.45, 7) is 0.347. The van der Waals surface area contributed by atoms with Crippen LogP contribution in [0.4, 0.5) is 0 Å². The number of aliphatic imine (C=N–C) groups is 1. The summed E-state index contributed by atoms with van der Waals surface area (Å²) in [5.41, 5.74) is 22.4. The summed E-state index contributed by atoms with van der Waals surface area (Å²) in [6.07, 6.45) is -2.48. The Morgan fingerprint density at radius 1 is 0.723 bits per heavy atom. The van der Waals surface area contributed by atoms with E-state index in [9.17, 15) is 78.3 Å². The van der Waals surface area contributed by atoms with Crippen molar-refractivity contribution < 1.29 is 83.0 Å².